The minimum absolute atomic E-state index is 0.261. The van der Waals surface area contributed by atoms with Crippen molar-refractivity contribution >= 4 is 22.2 Å². The van der Waals surface area contributed by atoms with Crippen molar-refractivity contribution in [3.05, 3.63) is 40.9 Å². The number of nitrogens with zero attached hydrogens (tertiary/aromatic N) is 3. The number of benzene rings is 1. The second kappa shape index (κ2) is 7.44. The van der Waals surface area contributed by atoms with Crippen molar-refractivity contribution in [3.63, 3.8) is 0 Å². The lowest BCUT2D eigenvalue weighted by atomic mass is 9.88. The van der Waals surface area contributed by atoms with Crippen LogP contribution in [0.5, 0.6) is 0 Å². The smallest absolute Gasteiger partial charge is 0.180 e. The predicted molar refractivity (Wildman–Crippen MR) is 116 cm³/mol. The summed E-state index contributed by atoms with van der Waals surface area (Å²) in [4.78, 5) is 9.68. The van der Waals surface area contributed by atoms with E-state index in [1.807, 2.05) is 0 Å². The second-order valence-corrected chi connectivity index (χ2v) is 9.90. The van der Waals surface area contributed by atoms with Crippen LogP contribution in [0.4, 0.5) is 10.8 Å². The maximum Gasteiger partial charge on any atom is 0.180 e. The molecule has 2 aliphatic heterocycles. The van der Waals surface area contributed by atoms with Crippen molar-refractivity contribution in [2.75, 3.05) is 30.3 Å². The highest BCUT2D eigenvalue weighted by Gasteiger charge is 2.30. The Morgan fingerprint density at radius 1 is 1.07 bits per heavy atom. The lowest BCUT2D eigenvalue weighted by Gasteiger charge is -2.41. The zero-order chi connectivity index (χ0) is 19.0. The van der Waals surface area contributed by atoms with Gasteiger partial charge in [0.05, 0.1) is 11.7 Å². The lowest BCUT2D eigenvalue weighted by Crippen LogP contribution is -2.46. The minimum Gasteiger partial charge on any atom is -0.375 e. The van der Waals surface area contributed by atoms with Gasteiger partial charge in [-0.2, -0.15) is 0 Å². The molecule has 1 aromatic heterocycles. The third-order valence-corrected chi connectivity index (χ3v) is 6.89. The van der Waals surface area contributed by atoms with Crippen molar-refractivity contribution in [1.29, 1.82) is 0 Å². The van der Waals surface area contributed by atoms with E-state index in [0.29, 0.717) is 17.1 Å². The first-order valence-electron chi connectivity index (χ1n) is 10.2. The molecular weight excluding hydrogens is 352 g/mol. The fourth-order valence-corrected chi connectivity index (χ4v) is 5.24. The van der Waals surface area contributed by atoms with E-state index < -0.39 is 0 Å². The Labute approximate surface area is 167 Å². The van der Waals surface area contributed by atoms with Crippen LogP contribution in [-0.4, -0.2) is 35.1 Å². The summed E-state index contributed by atoms with van der Waals surface area (Å²) in [6, 6.07) is 9.72. The number of nitrogens with two attached hydrogens (primary N) is 1. The second-order valence-electron chi connectivity index (χ2n) is 9.01. The zero-order valence-electron chi connectivity index (χ0n) is 16.8. The van der Waals surface area contributed by atoms with Crippen molar-refractivity contribution in [2.24, 2.45) is 0 Å². The summed E-state index contributed by atoms with van der Waals surface area (Å²) in [7, 11) is 0. The van der Waals surface area contributed by atoms with Crippen LogP contribution in [0.3, 0.4) is 0 Å². The Morgan fingerprint density at radius 3 is 2.48 bits per heavy atom. The molecule has 146 valence electrons. The lowest BCUT2D eigenvalue weighted by molar-refractivity contribution is 0.0986. The van der Waals surface area contributed by atoms with Crippen LogP contribution in [0.1, 0.15) is 69.7 Å². The molecule has 1 unspecified atom stereocenters. The first-order chi connectivity index (χ1) is 12.9. The van der Waals surface area contributed by atoms with E-state index in [1.165, 1.54) is 43.6 Å². The third-order valence-electron chi connectivity index (χ3n) is 6.20. The van der Waals surface area contributed by atoms with Crippen molar-refractivity contribution in [1.82, 2.24) is 9.88 Å². The van der Waals surface area contributed by atoms with Crippen LogP contribution in [0.2, 0.25) is 0 Å². The van der Waals surface area contributed by atoms with Gasteiger partial charge in [0.25, 0.3) is 0 Å². The highest BCUT2D eigenvalue weighted by molar-refractivity contribution is 7.13. The monoisotopic (exact) mass is 384 g/mol. The Hall–Kier alpha value is -1.59. The van der Waals surface area contributed by atoms with Gasteiger partial charge in [0.2, 0.25) is 0 Å². The molecule has 2 aromatic rings. The molecule has 0 spiro atoms. The molecule has 2 fully saturated rings. The van der Waals surface area contributed by atoms with Gasteiger partial charge >= 0.3 is 0 Å². The summed E-state index contributed by atoms with van der Waals surface area (Å²) in [6.07, 6.45) is 4.97. The van der Waals surface area contributed by atoms with Crippen molar-refractivity contribution in [3.8, 4) is 0 Å². The maximum absolute atomic E-state index is 5.86. The topological polar surface area (TPSA) is 45.4 Å². The number of piperidine rings is 1. The number of aromatic nitrogens is 1. The van der Waals surface area contributed by atoms with Gasteiger partial charge in [-0.15, -0.1) is 11.3 Å². The van der Waals surface area contributed by atoms with Crippen LogP contribution >= 0.6 is 11.3 Å². The molecule has 4 nitrogen and oxygen atoms in total. The molecule has 0 bridgehead atoms. The summed E-state index contributed by atoms with van der Waals surface area (Å²) < 4.78 is 0. The molecule has 2 saturated heterocycles. The molecule has 3 heterocycles. The van der Waals surface area contributed by atoms with Crippen molar-refractivity contribution < 1.29 is 0 Å². The summed E-state index contributed by atoms with van der Waals surface area (Å²) in [6.45, 7) is 10.5. The van der Waals surface area contributed by atoms with Gasteiger partial charge in [-0.05, 0) is 76.6 Å². The van der Waals surface area contributed by atoms with E-state index in [4.69, 9.17) is 5.73 Å². The first kappa shape index (κ1) is 18.8. The van der Waals surface area contributed by atoms with E-state index in [0.717, 1.165) is 18.7 Å². The molecule has 0 radical (unpaired) electrons. The Morgan fingerprint density at radius 2 is 1.81 bits per heavy atom. The quantitative estimate of drug-likeness (QED) is 0.805. The van der Waals surface area contributed by atoms with Gasteiger partial charge in [-0.3, -0.25) is 4.90 Å². The van der Waals surface area contributed by atoms with E-state index in [1.54, 1.807) is 11.3 Å². The van der Waals surface area contributed by atoms with Gasteiger partial charge in [0.1, 0.15) is 0 Å². The van der Waals surface area contributed by atoms with E-state index >= 15 is 0 Å². The molecule has 2 atom stereocenters. The largest absolute Gasteiger partial charge is 0.375 e. The molecule has 0 amide bonds. The van der Waals surface area contributed by atoms with Crippen LogP contribution in [-0.2, 0) is 0 Å². The summed E-state index contributed by atoms with van der Waals surface area (Å²) in [5, 5.41) is 2.79. The number of thiazole rings is 1. The molecular formula is C22H32N4S. The molecule has 2 aliphatic rings. The van der Waals surface area contributed by atoms with Gasteiger partial charge in [0, 0.05) is 29.7 Å². The number of hydrogen-bond donors (Lipinski definition) is 1. The predicted octanol–water partition coefficient (Wildman–Crippen LogP) is 5.04. The Kier molecular flexibility index (Phi) is 5.17. The summed E-state index contributed by atoms with van der Waals surface area (Å²) in [5.41, 5.74) is 10.1. The molecule has 5 heteroatoms. The van der Waals surface area contributed by atoms with Gasteiger partial charge in [-0.25, -0.2) is 4.98 Å². The van der Waals surface area contributed by atoms with Crippen LogP contribution in [0.25, 0.3) is 0 Å². The van der Waals surface area contributed by atoms with Crippen LogP contribution < -0.4 is 10.6 Å². The van der Waals surface area contributed by atoms with Gasteiger partial charge in [0.15, 0.2) is 5.13 Å². The molecule has 0 saturated carbocycles. The fourth-order valence-electron chi connectivity index (χ4n) is 4.63. The molecule has 2 N–H and O–H groups in total. The zero-order valence-corrected chi connectivity index (χ0v) is 17.6. The average molecular weight is 385 g/mol. The maximum atomic E-state index is 5.86. The first-order valence-corrected chi connectivity index (χ1v) is 11.1. The molecule has 0 aliphatic carbocycles. The standard InChI is InChI=1S/C22H32N4S/c1-22(2,3)25-12-4-6-17(14-25)16-8-10-18(11-9-16)26-13-5-7-20(26)19-15-27-21(23)24-19/h8-11,15,17,20H,4-7,12-14H2,1-3H3,(H2,23,24)/t17?,20-/m1/s1. The summed E-state index contributed by atoms with van der Waals surface area (Å²) >= 11 is 1.55. The van der Waals surface area contributed by atoms with E-state index in [-0.39, 0.29) is 5.54 Å². The molecule has 4 rings (SSSR count). The summed E-state index contributed by atoms with van der Waals surface area (Å²) in [5.74, 6) is 0.653. The van der Waals surface area contributed by atoms with Gasteiger partial charge in [-0.1, -0.05) is 12.1 Å². The van der Waals surface area contributed by atoms with E-state index in [2.05, 4.69) is 65.2 Å². The molecule has 27 heavy (non-hydrogen) atoms. The van der Waals surface area contributed by atoms with Crippen LogP contribution in [0, 0.1) is 0 Å². The average Bonchev–Trinajstić information content (AvgIpc) is 3.30. The number of rotatable bonds is 3. The number of nitrogen functional groups attached to an aromatic ring is 1. The number of anilines is 2. The highest BCUT2D eigenvalue weighted by Crippen LogP contribution is 2.38. The third kappa shape index (κ3) is 3.99. The van der Waals surface area contributed by atoms with Gasteiger partial charge < -0.3 is 10.6 Å². The number of likely N-dealkylation sites (tertiary alicyclic amines) is 1. The SMILES string of the molecule is CC(C)(C)N1CCCC(c2ccc(N3CCC[C@@H]3c3csc(N)n3)cc2)C1. The normalized spacial score (nSPS) is 24.5. The number of hydrogen-bond acceptors (Lipinski definition) is 5. The van der Waals surface area contributed by atoms with E-state index in [9.17, 15) is 0 Å². The Balaban J connectivity index is 1.49. The molecule has 1 aromatic carbocycles. The minimum atomic E-state index is 0.261. The fraction of sp³-hybridized carbons (Fsp3) is 0.591. The highest BCUT2D eigenvalue weighted by atomic mass is 32.1. The Bertz CT molecular complexity index is 761. The van der Waals surface area contributed by atoms with Crippen molar-refractivity contribution in [2.45, 2.75) is 64.0 Å². The van der Waals surface area contributed by atoms with Crippen LogP contribution in [0.15, 0.2) is 29.6 Å².